The number of aromatic nitrogens is 4. The van der Waals surface area contributed by atoms with Gasteiger partial charge in [0.2, 0.25) is 5.91 Å². The summed E-state index contributed by atoms with van der Waals surface area (Å²) < 4.78 is 3.29. The van der Waals surface area contributed by atoms with E-state index in [1.54, 1.807) is 6.92 Å². The van der Waals surface area contributed by atoms with Crippen LogP contribution in [0.5, 0.6) is 0 Å². The van der Waals surface area contributed by atoms with Crippen molar-refractivity contribution in [3.63, 3.8) is 0 Å². The van der Waals surface area contributed by atoms with Gasteiger partial charge in [-0.3, -0.25) is 24.3 Å². The van der Waals surface area contributed by atoms with Crippen LogP contribution in [0.1, 0.15) is 29.4 Å². The summed E-state index contributed by atoms with van der Waals surface area (Å²) in [6, 6.07) is 8.12. The van der Waals surface area contributed by atoms with E-state index in [9.17, 15) is 14.9 Å². The highest BCUT2D eigenvalue weighted by Gasteiger charge is 2.20. The molecule has 29 heavy (non-hydrogen) atoms. The lowest BCUT2D eigenvalue weighted by Crippen LogP contribution is -2.25. The summed E-state index contributed by atoms with van der Waals surface area (Å²) in [6.45, 7) is 8.47. The first kappa shape index (κ1) is 20.2. The molecule has 0 spiro atoms. The van der Waals surface area contributed by atoms with Gasteiger partial charge < -0.3 is 5.32 Å². The minimum absolute atomic E-state index is 0.0956. The van der Waals surface area contributed by atoms with Crippen LogP contribution in [0.3, 0.4) is 0 Å². The van der Waals surface area contributed by atoms with Crippen molar-refractivity contribution in [3.8, 4) is 0 Å². The zero-order valence-electron chi connectivity index (χ0n) is 16.9. The lowest BCUT2D eigenvalue weighted by Gasteiger charge is -2.13. The smallest absolute Gasteiger partial charge is 0.306 e. The second-order valence-corrected chi connectivity index (χ2v) is 7.20. The van der Waals surface area contributed by atoms with E-state index in [-0.39, 0.29) is 18.1 Å². The average Bonchev–Trinajstić information content (AvgIpc) is 3.24. The molecule has 0 saturated heterocycles. The zero-order valence-corrected chi connectivity index (χ0v) is 16.9. The standard InChI is InChI=1S/C20H24N6O3/c1-13-7-5-6-8-17(13)11-25-16(4)19(15(3)23-25)22-20(27)14(2)10-24-12-18(9-21-24)26(28)29/h5-9,12,14H,10-11H2,1-4H3,(H,22,27). The maximum Gasteiger partial charge on any atom is 0.306 e. The predicted molar refractivity (Wildman–Crippen MR) is 109 cm³/mol. The molecular weight excluding hydrogens is 372 g/mol. The molecule has 1 aromatic carbocycles. The Bertz CT molecular complexity index is 1050. The Kier molecular flexibility index (Phi) is 5.76. The van der Waals surface area contributed by atoms with Crippen molar-refractivity contribution in [3.05, 3.63) is 69.3 Å². The third-order valence-electron chi connectivity index (χ3n) is 4.95. The van der Waals surface area contributed by atoms with Crippen LogP contribution in [-0.2, 0) is 17.9 Å². The first-order valence-corrected chi connectivity index (χ1v) is 9.32. The number of hydrogen-bond acceptors (Lipinski definition) is 5. The predicted octanol–water partition coefficient (Wildman–Crippen LogP) is 3.24. The lowest BCUT2D eigenvalue weighted by molar-refractivity contribution is -0.385. The van der Waals surface area contributed by atoms with Gasteiger partial charge in [0.15, 0.2) is 0 Å². The third kappa shape index (κ3) is 4.50. The molecule has 1 amide bonds. The number of aryl methyl sites for hydroxylation is 2. The maximum absolute atomic E-state index is 12.7. The van der Waals surface area contributed by atoms with Gasteiger partial charge in [-0.1, -0.05) is 31.2 Å². The minimum Gasteiger partial charge on any atom is -0.323 e. The number of hydrogen-bond donors (Lipinski definition) is 1. The van der Waals surface area contributed by atoms with E-state index in [1.807, 2.05) is 30.7 Å². The van der Waals surface area contributed by atoms with Gasteiger partial charge in [0.1, 0.15) is 12.4 Å². The Labute approximate surface area is 168 Å². The molecule has 0 bridgehead atoms. The van der Waals surface area contributed by atoms with E-state index < -0.39 is 10.8 Å². The van der Waals surface area contributed by atoms with Gasteiger partial charge in [0.05, 0.1) is 41.0 Å². The van der Waals surface area contributed by atoms with E-state index in [0.717, 1.165) is 11.4 Å². The highest BCUT2D eigenvalue weighted by atomic mass is 16.6. The molecule has 0 radical (unpaired) electrons. The second kappa shape index (κ2) is 8.26. The molecule has 9 heteroatoms. The van der Waals surface area contributed by atoms with Gasteiger partial charge in [-0.2, -0.15) is 10.2 Å². The topological polar surface area (TPSA) is 108 Å². The number of benzene rings is 1. The van der Waals surface area contributed by atoms with Gasteiger partial charge in [0.25, 0.3) is 0 Å². The third-order valence-corrected chi connectivity index (χ3v) is 4.95. The van der Waals surface area contributed by atoms with Gasteiger partial charge >= 0.3 is 5.69 Å². The molecule has 0 aliphatic carbocycles. The first-order chi connectivity index (χ1) is 13.8. The Morgan fingerprint density at radius 3 is 2.66 bits per heavy atom. The van der Waals surface area contributed by atoms with Gasteiger partial charge in [-0.25, -0.2) is 0 Å². The molecule has 1 atom stereocenters. The summed E-state index contributed by atoms with van der Waals surface area (Å²) in [4.78, 5) is 22.9. The molecule has 3 aromatic rings. The largest absolute Gasteiger partial charge is 0.323 e. The number of amides is 1. The van der Waals surface area contributed by atoms with Gasteiger partial charge in [0, 0.05) is 0 Å². The van der Waals surface area contributed by atoms with Crippen molar-refractivity contribution >= 4 is 17.3 Å². The van der Waals surface area contributed by atoms with Crippen LogP contribution >= 0.6 is 0 Å². The molecule has 0 aliphatic rings. The molecule has 2 aromatic heterocycles. The van der Waals surface area contributed by atoms with E-state index in [0.29, 0.717) is 12.2 Å². The fourth-order valence-corrected chi connectivity index (χ4v) is 3.14. The summed E-state index contributed by atoms with van der Waals surface area (Å²) in [5.74, 6) is -0.613. The van der Waals surface area contributed by atoms with Crippen molar-refractivity contribution in [2.24, 2.45) is 5.92 Å². The second-order valence-electron chi connectivity index (χ2n) is 7.20. The minimum atomic E-state index is -0.510. The van der Waals surface area contributed by atoms with Crippen molar-refractivity contribution in [1.82, 2.24) is 19.6 Å². The van der Waals surface area contributed by atoms with E-state index in [4.69, 9.17) is 0 Å². The quantitative estimate of drug-likeness (QED) is 0.487. The SMILES string of the molecule is Cc1ccccc1Cn1nc(C)c(NC(=O)C(C)Cn2cc([N+](=O)[O-])cn2)c1C. The zero-order chi connectivity index (χ0) is 21.1. The fraction of sp³-hybridized carbons (Fsp3) is 0.350. The van der Waals surface area contributed by atoms with Crippen molar-refractivity contribution in [2.45, 2.75) is 40.8 Å². The van der Waals surface area contributed by atoms with Crippen LogP contribution in [0, 0.1) is 36.8 Å². The van der Waals surface area contributed by atoms with Crippen LogP contribution in [0.4, 0.5) is 11.4 Å². The monoisotopic (exact) mass is 396 g/mol. The van der Waals surface area contributed by atoms with Gasteiger partial charge in [-0.15, -0.1) is 0 Å². The van der Waals surface area contributed by atoms with E-state index in [2.05, 4.69) is 34.6 Å². The Morgan fingerprint density at radius 1 is 1.28 bits per heavy atom. The number of carbonyl (C=O) groups excluding carboxylic acids is 1. The number of nitro groups is 1. The molecule has 1 N–H and O–H groups in total. The summed E-state index contributed by atoms with van der Waals surface area (Å²) in [6.07, 6.45) is 2.50. The maximum atomic E-state index is 12.7. The van der Waals surface area contributed by atoms with Crippen molar-refractivity contribution < 1.29 is 9.72 Å². The van der Waals surface area contributed by atoms with Crippen LogP contribution in [-0.4, -0.2) is 30.4 Å². The normalized spacial score (nSPS) is 12.0. The number of nitrogens with one attached hydrogen (secondary N) is 1. The highest BCUT2D eigenvalue weighted by molar-refractivity contribution is 5.93. The molecule has 152 valence electrons. The van der Waals surface area contributed by atoms with Crippen LogP contribution in [0.2, 0.25) is 0 Å². The Morgan fingerprint density at radius 2 is 2.00 bits per heavy atom. The highest BCUT2D eigenvalue weighted by Crippen LogP contribution is 2.22. The van der Waals surface area contributed by atoms with Crippen molar-refractivity contribution in [1.29, 1.82) is 0 Å². The summed E-state index contributed by atoms with van der Waals surface area (Å²) in [5.41, 5.74) is 4.58. The first-order valence-electron chi connectivity index (χ1n) is 9.32. The molecular formula is C20H24N6O3. The Balaban J connectivity index is 1.70. The molecule has 9 nitrogen and oxygen atoms in total. The van der Waals surface area contributed by atoms with Crippen molar-refractivity contribution in [2.75, 3.05) is 5.32 Å². The lowest BCUT2D eigenvalue weighted by atomic mass is 10.1. The summed E-state index contributed by atoms with van der Waals surface area (Å²) in [7, 11) is 0. The number of nitrogens with zero attached hydrogens (tertiary/aromatic N) is 5. The number of rotatable bonds is 7. The number of anilines is 1. The summed E-state index contributed by atoms with van der Waals surface area (Å²) >= 11 is 0. The van der Waals surface area contributed by atoms with E-state index in [1.165, 1.54) is 28.2 Å². The molecule has 3 rings (SSSR count). The average molecular weight is 396 g/mol. The van der Waals surface area contributed by atoms with Crippen LogP contribution in [0.25, 0.3) is 0 Å². The number of carbonyl (C=O) groups is 1. The summed E-state index contributed by atoms with van der Waals surface area (Å²) in [5, 5.41) is 22.2. The molecule has 2 heterocycles. The molecule has 0 aliphatic heterocycles. The van der Waals surface area contributed by atoms with Crippen LogP contribution in [0.15, 0.2) is 36.7 Å². The molecule has 0 saturated carbocycles. The molecule has 0 fully saturated rings. The molecule has 1 unspecified atom stereocenters. The fourth-order valence-electron chi connectivity index (χ4n) is 3.14. The Hall–Kier alpha value is -3.49. The van der Waals surface area contributed by atoms with Gasteiger partial charge in [-0.05, 0) is 31.9 Å². The van der Waals surface area contributed by atoms with E-state index >= 15 is 0 Å². The van der Waals surface area contributed by atoms with Crippen LogP contribution < -0.4 is 5.32 Å².